The van der Waals surface area contributed by atoms with E-state index in [-0.39, 0.29) is 0 Å². The van der Waals surface area contributed by atoms with Crippen LogP contribution in [0.2, 0.25) is 10.0 Å². The van der Waals surface area contributed by atoms with Crippen LogP contribution in [0.4, 0.5) is 0 Å². The zero-order chi connectivity index (χ0) is 15.0. The molecule has 2 fully saturated rings. The van der Waals surface area contributed by atoms with Crippen molar-refractivity contribution >= 4 is 23.2 Å². The lowest BCUT2D eigenvalue weighted by Gasteiger charge is -2.27. The Labute approximate surface area is 137 Å². The molecule has 116 valence electrons. The molecule has 1 N–H and O–H groups in total. The quantitative estimate of drug-likeness (QED) is 0.785. The van der Waals surface area contributed by atoms with Gasteiger partial charge in [0.1, 0.15) is 5.75 Å². The summed E-state index contributed by atoms with van der Waals surface area (Å²) in [5.41, 5.74) is 1.12. The monoisotopic (exact) mass is 327 g/mol. The molecule has 3 rings (SSSR count). The van der Waals surface area contributed by atoms with Gasteiger partial charge >= 0.3 is 0 Å². The second-order valence-electron chi connectivity index (χ2n) is 6.26. The number of benzene rings is 1. The van der Waals surface area contributed by atoms with E-state index < -0.39 is 0 Å². The lowest BCUT2D eigenvalue weighted by atomic mass is 9.89. The Balaban J connectivity index is 1.86. The number of halogens is 2. The van der Waals surface area contributed by atoms with Crippen LogP contribution in [0.15, 0.2) is 12.1 Å². The van der Waals surface area contributed by atoms with Crippen LogP contribution in [0.3, 0.4) is 0 Å². The second-order valence-corrected chi connectivity index (χ2v) is 7.07. The van der Waals surface area contributed by atoms with Crippen molar-refractivity contribution < 1.29 is 4.74 Å². The van der Waals surface area contributed by atoms with Gasteiger partial charge in [0.15, 0.2) is 0 Å². The van der Waals surface area contributed by atoms with Crippen molar-refractivity contribution in [2.75, 3.05) is 13.2 Å². The van der Waals surface area contributed by atoms with Crippen LogP contribution < -0.4 is 10.1 Å². The summed E-state index contributed by atoms with van der Waals surface area (Å²) in [6.45, 7) is 5.63. The summed E-state index contributed by atoms with van der Waals surface area (Å²) in [6, 6.07) is 4.16. The largest absolute Gasteiger partial charge is 0.492 e. The fraction of sp³-hybridized carbons (Fsp3) is 0.647. The van der Waals surface area contributed by atoms with Gasteiger partial charge in [-0.25, -0.2) is 0 Å². The van der Waals surface area contributed by atoms with Crippen LogP contribution in [0.1, 0.15) is 44.7 Å². The first kappa shape index (κ1) is 15.5. The summed E-state index contributed by atoms with van der Waals surface area (Å²) < 4.78 is 5.52. The first-order valence-electron chi connectivity index (χ1n) is 7.99. The highest BCUT2D eigenvalue weighted by atomic mass is 35.5. The number of hydrogen-bond acceptors (Lipinski definition) is 2. The van der Waals surface area contributed by atoms with Crippen molar-refractivity contribution in [2.45, 2.75) is 39.2 Å². The third-order valence-electron chi connectivity index (χ3n) is 4.86. The van der Waals surface area contributed by atoms with E-state index in [2.05, 4.69) is 12.2 Å². The highest BCUT2D eigenvalue weighted by Gasteiger charge is 2.48. The fourth-order valence-electron chi connectivity index (χ4n) is 3.83. The molecular weight excluding hydrogens is 305 g/mol. The molecule has 0 spiro atoms. The van der Waals surface area contributed by atoms with Crippen LogP contribution >= 0.6 is 23.2 Å². The topological polar surface area (TPSA) is 21.3 Å². The minimum atomic E-state index is 0.309. The Kier molecular flexibility index (Phi) is 4.68. The molecule has 2 nitrogen and oxygen atoms in total. The molecule has 0 radical (unpaired) electrons. The van der Waals surface area contributed by atoms with Gasteiger partial charge in [0.2, 0.25) is 0 Å². The van der Waals surface area contributed by atoms with Gasteiger partial charge in [0.05, 0.1) is 11.6 Å². The maximum Gasteiger partial charge on any atom is 0.139 e. The highest BCUT2D eigenvalue weighted by Crippen LogP contribution is 2.57. The van der Waals surface area contributed by atoms with Gasteiger partial charge in [0, 0.05) is 17.1 Å². The van der Waals surface area contributed by atoms with Crippen LogP contribution in [0.25, 0.3) is 0 Å². The van der Waals surface area contributed by atoms with E-state index in [1.165, 1.54) is 19.3 Å². The summed E-state index contributed by atoms with van der Waals surface area (Å²) >= 11 is 12.9. The first-order valence-corrected chi connectivity index (χ1v) is 8.74. The number of ether oxygens (including phenoxy) is 1. The van der Waals surface area contributed by atoms with E-state index in [9.17, 15) is 0 Å². The van der Waals surface area contributed by atoms with E-state index >= 15 is 0 Å². The maximum atomic E-state index is 6.51. The molecule has 0 aliphatic heterocycles. The molecule has 0 heterocycles. The van der Waals surface area contributed by atoms with Crippen molar-refractivity contribution in [1.82, 2.24) is 5.32 Å². The Morgan fingerprint density at radius 2 is 1.86 bits per heavy atom. The average Bonchev–Trinajstić information content (AvgIpc) is 3.07. The summed E-state index contributed by atoms with van der Waals surface area (Å²) in [5.74, 6) is 3.29. The molecule has 1 aromatic rings. The first-order chi connectivity index (χ1) is 10.1. The molecule has 21 heavy (non-hydrogen) atoms. The predicted molar refractivity (Wildman–Crippen MR) is 88.4 cm³/mol. The van der Waals surface area contributed by atoms with Crippen molar-refractivity contribution in [3.05, 3.63) is 27.7 Å². The third kappa shape index (κ3) is 3.18. The van der Waals surface area contributed by atoms with E-state index in [1.807, 2.05) is 19.1 Å². The molecule has 0 saturated heterocycles. The molecule has 2 saturated carbocycles. The van der Waals surface area contributed by atoms with Gasteiger partial charge in [-0.05, 0) is 62.1 Å². The lowest BCUT2D eigenvalue weighted by molar-refractivity contribution is 0.336. The normalized spacial score (nSPS) is 28.3. The summed E-state index contributed by atoms with van der Waals surface area (Å²) in [7, 11) is 0. The molecule has 3 atom stereocenters. The molecule has 0 amide bonds. The number of fused-ring (bicyclic) bond motifs is 1. The third-order valence-corrected chi connectivity index (χ3v) is 5.48. The Morgan fingerprint density at radius 3 is 2.48 bits per heavy atom. The van der Waals surface area contributed by atoms with Gasteiger partial charge < -0.3 is 10.1 Å². The standard InChI is InChI=1S/C17H23Cl2NO/c1-3-20-17(12-6-10-5-11(10)7-12)13-8-15(19)16(21-4-2)9-14(13)18/h8-12,17,20H,3-7H2,1-2H3. The van der Waals surface area contributed by atoms with Gasteiger partial charge in [-0.1, -0.05) is 30.1 Å². The predicted octanol–water partition coefficient (Wildman–Crippen LogP) is 5.09. The van der Waals surface area contributed by atoms with Crippen LogP contribution in [-0.2, 0) is 0 Å². The molecule has 0 bridgehead atoms. The summed E-state index contributed by atoms with van der Waals surface area (Å²) in [6.07, 6.45) is 4.08. The lowest BCUT2D eigenvalue weighted by Crippen LogP contribution is -2.28. The number of rotatable bonds is 6. The zero-order valence-electron chi connectivity index (χ0n) is 12.7. The van der Waals surface area contributed by atoms with Crippen LogP contribution in [-0.4, -0.2) is 13.2 Å². The molecule has 2 aliphatic rings. The van der Waals surface area contributed by atoms with Crippen molar-refractivity contribution in [1.29, 1.82) is 0 Å². The van der Waals surface area contributed by atoms with Gasteiger partial charge in [-0.15, -0.1) is 0 Å². The highest BCUT2D eigenvalue weighted by molar-refractivity contribution is 6.34. The van der Waals surface area contributed by atoms with E-state index in [1.54, 1.807) is 0 Å². The maximum absolute atomic E-state index is 6.51. The van der Waals surface area contributed by atoms with Crippen molar-refractivity contribution in [3.8, 4) is 5.75 Å². The van der Waals surface area contributed by atoms with Crippen molar-refractivity contribution in [2.24, 2.45) is 17.8 Å². The van der Waals surface area contributed by atoms with E-state index in [0.717, 1.165) is 29.0 Å². The fourth-order valence-corrected chi connectivity index (χ4v) is 4.33. The number of nitrogens with one attached hydrogen (secondary N) is 1. The SMILES string of the molecule is CCNC(c1cc(Cl)c(OCC)cc1Cl)C1CC2CC2C1. The molecule has 3 unspecified atom stereocenters. The summed E-state index contributed by atoms with van der Waals surface area (Å²) in [5, 5.41) is 5.03. The smallest absolute Gasteiger partial charge is 0.139 e. The second kappa shape index (κ2) is 6.36. The molecule has 4 heteroatoms. The van der Waals surface area contributed by atoms with Crippen molar-refractivity contribution in [3.63, 3.8) is 0 Å². The van der Waals surface area contributed by atoms with E-state index in [0.29, 0.717) is 29.3 Å². The minimum Gasteiger partial charge on any atom is -0.492 e. The Bertz CT molecular complexity index is 510. The summed E-state index contributed by atoms with van der Waals surface area (Å²) in [4.78, 5) is 0. The molecule has 0 aromatic heterocycles. The van der Waals surface area contributed by atoms with Crippen LogP contribution in [0.5, 0.6) is 5.75 Å². The molecule has 1 aromatic carbocycles. The van der Waals surface area contributed by atoms with Gasteiger partial charge in [-0.3, -0.25) is 0 Å². The average molecular weight is 328 g/mol. The van der Waals surface area contributed by atoms with Crippen LogP contribution in [0, 0.1) is 17.8 Å². The Morgan fingerprint density at radius 1 is 1.14 bits per heavy atom. The zero-order valence-corrected chi connectivity index (χ0v) is 14.2. The molecular formula is C17H23Cl2NO. The van der Waals surface area contributed by atoms with Gasteiger partial charge in [0.25, 0.3) is 0 Å². The minimum absolute atomic E-state index is 0.309. The van der Waals surface area contributed by atoms with Gasteiger partial charge in [-0.2, -0.15) is 0 Å². The molecule has 2 aliphatic carbocycles. The number of hydrogen-bond donors (Lipinski definition) is 1. The Hall–Kier alpha value is -0.440. The van der Waals surface area contributed by atoms with E-state index in [4.69, 9.17) is 27.9 Å².